The molecule has 1 unspecified atom stereocenters. The van der Waals surface area contributed by atoms with Crippen molar-refractivity contribution in [3.8, 4) is 5.75 Å². The number of rotatable bonds is 6. The molecule has 182 valence electrons. The zero-order valence-corrected chi connectivity index (χ0v) is 21.0. The van der Waals surface area contributed by atoms with E-state index in [0.29, 0.717) is 20.6 Å². The minimum absolute atomic E-state index is 0.0383. The largest absolute Gasteiger partial charge is 0.496 e. The molecule has 9 nitrogen and oxygen atoms in total. The van der Waals surface area contributed by atoms with Crippen LogP contribution in [0.2, 0.25) is 15.1 Å². The van der Waals surface area contributed by atoms with Gasteiger partial charge in [0.25, 0.3) is 10.0 Å². The smallest absolute Gasteiger partial charge is 0.339 e. The van der Waals surface area contributed by atoms with Crippen LogP contribution in [0.3, 0.4) is 0 Å². The van der Waals surface area contributed by atoms with Crippen LogP contribution in [0, 0.1) is 5.92 Å². The second-order valence-electron chi connectivity index (χ2n) is 7.27. The van der Waals surface area contributed by atoms with Crippen LogP contribution in [-0.4, -0.2) is 57.8 Å². The van der Waals surface area contributed by atoms with Crippen LogP contribution < -0.4 is 10.1 Å². The van der Waals surface area contributed by atoms with Gasteiger partial charge in [-0.15, -0.1) is 0 Å². The van der Waals surface area contributed by atoms with Crippen LogP contribution in [0.4, 0.5) is 0 Å². The lowest BCUT2D eigenvalue weighted by molar-refractivity contribution is -0.131. The fraction of sp³-hybridized carbons (Fsp3) is 0.286. The molecule has 0 radical (unpaired) electrons. The summed E-state index contributed by atoms with van der Waals surface area (Å²) in [6.45, 7) is -0.877. The molecule has 1 fully saturated rings. The van der Waals surface area contributed by atoms with Gasteiger partial charge >= 0.3 is 5.97 Å². The van der Waals surface area contributed by atoms with Gasteiger partial charge in [-0.25, -0.2) is 17.5 Å². The van der Waals surface area contributed by atoms with Crippen LogP contribution in [0.25, 0.3) is 0 Å². The Bertz CT molecular complexity index is 1270. The summed E-state index contributed by atoms with van der Waals surface area (Å²) in [4.78, 5) is 37.1. The van der Waals surface area contributed by atoms with E-state index in [1.54, 1.807) is 18.2 Å². The summed E-state index contributed by atoms with van der Waals surface area (Å²) in [6.07, 6.45) is 0.0383. The molecule has 0 saturated carbocycles. The average molecular weight is 550 g/mol. The Kier molecular flexibility index (Phi) is 7.97. The van der Waals surface area contributed by atoms with Crippen molar-refractivity contribution in [2.45, 2.75) is 11.3 Å². The maximum absolute atomic E-state index is 13.5. The number of halogens is 3. The van der Waals surface area contributed by atoms with Crippen molar-refractivity contribution in [2.24, 2.45) is 5.92 Å². The van der Waals surface area contributed by atoms with E-state index in [4.69, 9.17) is 39.5 Å². The third kappa shape index (κ3) is 5.25. The first kappa shape index (κ1) is 26.1. The lowest BCUT2D eigenvalue weighted by Crippen LogP contribution is -2.42. The number of benzene rings is 2. The summed E-state index contributed by atoms with van der Waals surface area (Å²) in [5, 5.41) is 2.47. The van der Waals surface area contributed by atoms with Crippen molar-refractivity contribution in [1.82, 2.24) is 9.62 Å². The Morgan fingerprint density at radius 1 is 1.12 bits per heavy atom. The standard InChI is InChI=1S/C21H19Cl3N2O7S/c1-32-17-4-3-13(22)6-11(17)5-12-9-25-19(27)10-26(20(12)28)34(30,31)18-7-14(21(29)33-2)15(23)8-16(18)24/h3-4,6-8,12H,5,9-10H2,1-2H3,(H,25,27). The normalized spacial score (nSPS) is 16.6. The molecular weight excluding hydrogens is 531 g/mol. The molecule has 1 atom stereocenters. The van der Waals surface area contributed by atoms with Crippen LogP contribution in [0.15, 0.2) is 35.2 Å². The molecule has 1 heterocycles. The fourth-order valence-corrected chi connectivity index (χ4v) is 5.87. The van der Waals surface area contributed by atoms with Gasteiger partial charge in [-0.1, -0.05) is 34.8 Å². The molecule has 2 amide bonds. The predicted octanol–water partition coefficient (Wildman–Crippen LogP) is 2.95. The van der Waals surface area contributed by atoms with Gasteiger partial charge in [0.1, 0.15) is 17.2 Å². The number of amides is 2. The summed E-state index contributed by atoms with van der Waals surface area (Å²) in [7, 11) is -2.12. The number of carbonyl (C=O) groups excluding carboxylic acids is 3. The Hall–Kier alpha value is -2.53. The number of nitrogens with zero attached hydrogens (tertiary/aromatic N) is 1. The maximum Gasteiger partial charge on any atom is 0.339 e. The quantitative estimate of drug-likeness (QED) is 0.550. The molecular formula is C21H19Cl3N2O7S. The van der Waals surface area contributed by atoms with E-state index >= 15 is 0 Å². The van der Waals surface area contributed by atoms with Gasteiger partial charge < -0.3 is 14.8 Å². The average Bonchev–Trinajstić information content (AvgIpc) is 2.92. The van der Waals surface area contributed by atoms with Gasteiger partial charge in [0.2, 0.25) is 11.8 Å². The molecule has 34 heavy (non-hydrogen) atoms. The Labute approximate surface area is 210 Å². The molecule has 1 aliphatic rings. The van der Waals surface area contributed by atoms with Gasteiger partial charge in [0.15, 0.2) is 0 Å². The lowest BCUT2D eigenvalue weighted by Gasteiger charge is -2.24. The number of hydrogen-bond acceptors (Lipinski definition) is 7. The predicted molar refractivity (Wildman–Crippen MR) is 125 cm³/mol. The molecule has 0 spiro atoms. The summed E-state index contributed by atoms with van der Waals surface area (Å²) >= 11 is 18.2. The van der Waals surface area contributed by atoms with E-state index in [2.05, 4.69) is 10.1 Å². The summed E-state index contributed by atoms with van der Waals surface area (Å²) in [6, 6.07) is 6.79. The highest BCUT2D eigenvalue weighted by Gasteiger charge is 2.39. The van der Waals surface area contributed by atoms with E-state index in [1.807, 2.05) is 0 Å². The molecule has 13 heteroatoms. The zero-order chi connectivity index (χ0) is 25.2. The third-order valence-corrected chi connectivity index (χ3v) is 7.89. The van der Waals surface area contributed by atoms with E-state index in [1.165, 1.54) is 7.11 Å². The van der Waals surface area contributed by atoms with Crippen LogP contribution in [0.5, 0.6) is 5.75 Å². The van der Waals surface area contributed by atoms with Gasteiger partial charge in [0.05, 0.1) is 35.7 Å². The van der Waals surface area contributed by atoms with Crippen molar-refractivity contribution in [3.63, 3.8) is 0 Å². The molecule has 1 aliphatic heterocycles. The first-order chi connectivity index (χ1) is 16.0. The summed E-state index contributed by atoms with van der Waals surface area (Å²) in [5.74, 6) is -2.93. The molecule has 3 rings (SSSR count). The van der Waals surface area contributed by atoms with Crippen LogP contribution >= 0.6 is 34.8 Å². The molecule has 0 aromatic heterocycles. The first-order valence-electron chi connectivity index (χ1n) is 9.72. The molecule has 1 saturated heterocycles. The summed E-state index contributed by atoms with van der Waals surface area (Å²) in [5.41, 5.74) is 0.290. The monoisotopic (exact) mass is 548 g/mol. The van der Waals surface area contributed by atoms with Gasteiger partial charge in [0, 0.05) is 11.6 Å². The van der Waals surface area contributed by atoms with Gasteiger partial charge in [-0.05, 0) is 42.3 Å². The van der Waals surface area contributed by atoms with Crippen molar-refractivity contribution in [2.75, 3.05) is 27.3 Å². The minimum Gasteiger partial charge on any atom is -0.496 e. The minimum atomic E-state index is -4.66. The number of hydrogen-bond donors (Lipinski definition) is 1. The van der Waals surface area contributed by atoms with Gasteiger partial charge in [-0.3, -0.25) is 9.59 Å². The fourth-order valence-electron chi connectivity index (χ4n) is 3.44. The van der Waals surface area contributed by atoms with E-state index in [9.17, 15) is 22.8 Å². The van der Waals surface area contributed by atoms with Crippen molar-refractivity contribution in [1.29, 1.82) is 0 Å². The van der Waals surface area contributed by atoms with E-state index < -0.39 is 45.2 Å². The highest BCUT2D eigenvalue weighted by atomic mass is 35.5. The molecule has 2 aromatic carbocycles. The molecule has 0 aliphatic carbocycles. The number of methoxy groups -OCH3 is 2. The van der Waals surface area contributed by atoms with Crippen LogP contribution in [0.1, 0.15) is 15.9 Å². The Balaban J connectivity index is 2.04. The van der Waals surface area contributed by atoms with Crippen LogP contribution in [-0.2, 0) is 30.8 Å². The number of nitrogens with one attached hydrogen (secondary N) is 1. The highest BCUT2D eigenvalue weighted by Crippen LogP contribution is 2.33. The van der Waals surface area contributed by atoms with Crippen molar-refractivity contribution < 1.29 is 32.3 Å². The maximum atomic E-state index is 13.5. The topological polar surface area (TPSA) is 119 Å². The third-order valence-electron chi connectivity index (χ3n) is 5.13. The molecule has 0 bridgehead atoms. The molecule has 1 N–H and O–H groups in total. The summed E-state index contributed by atoms with van der Waals surface area (Å²) < 4.78 is 37.3. The number of esters is 1. The van der Waals surface area contributed by atoms with Crippen molar-refractivity contribution in [3.05, 3.63) is 56.5 Å². The molecule has 2 aromatic rings. The number of sulfonamides is 1. The lowest BCUT2D eigenvalue weighted by atomic mass is 9.98. The van der Waals surface area contributed by atoms with Gasteiger partial charge in [-0.2, -0.15) is 0 Å². The van der Waals surface area contributed by atoms with E-state index in [0.717, 1.165) is 19.2 Å². The van der Waals surface area contributed by atoms with E-state index in [-0.39, 0.29) is 28.6 Å². The Morgan fingerprint density at radius 2 is 1.82 bits per heavy atom. The number of carbonyl (C=O) groups is 3. The van der Waals surface area contributed by atoms with Crippen molar-refractivity contribution >= 4 is 62.6 Å². The Morgan fingerprint density at radius 3 is 2.47 bits per heavy atom. The number of ether oxygens (including phenoxy) is 2. The second kappa shape index (κ2) is 10.4. The zero-order valence-electron chi connectivity index (χ0n) is 17.9. The first-order valence-corrected chi connectivity index (χ1v) is 12.3. The SMILES string of the molecule is COC(=O)c1cc(S(=O)(=O)N2CC(=O)NCC(Cc3cc(Cl)ccc3OC)C2=O)c(Cl)cc1Cl. The highest BCUT2D eigenvalue weighted by molar-refractivity contribution is 7.89. The second-order valence-corrected chi connectivity index (χ2v) is 10.3.